The lowest BCUT2D eigenvalue weighted by molar-refractivity contribution is 0.404. The molecule has 53 valence electrons. The summed E-state index contributed by atoms with van der Waals surface area (Å²) in [5, 5.41) is 0. The number of hydrogen-bond donors (Lipinski definition) is 0. The van der Waals surface area contributed by atoms with Crippen LogP contribution in [0.3, 0.4) is 0 Å². The smallest absolute Gasteiger partial charge is 0.0812 e. The summed E-state index contributed by atoms with van der Waals surface area (Å²) in [5.74, 6) is 0. The molecule has 1 unspecified atom stereocenters. The first-order valence-corrected chi connectivity index (χ1v) is 3.86. The molecule has 1 heterocycles. The van der Waals surface area contributed by atoms with Crippen molar-refractivity contribution in [3.05, 3.63) is 6.42 Å². The van der Waals surface area contributed by atoms with Crippen molar-refractivity contribution in [1.82, 2.24) is 0 Å². The molecule has 0 N–H and O–H groups in total. The number of hydrogen-bond acceptors (Lipinski definition) is 1. The second-order valence-corrected chi connectivity index (χ2v) is 2.62. The maximum absolute atomic E-state index is 5.06. The minimum absolute atomic E-state index is 0.599. The highest BCUT2D eigenvalue weighted by Gasteiger charge is 2.20. The Bertz CT molecular complexity index is 67.0. The minimum Gasteiger partial charge on any atom is -0.373 e. The molecule has 0 amide bonds. The molecule has 1 heteroatoms. The minimum atomic E-state index is 0.599. The number of ether oxygens (including phenoxy) is 1. The second kappa shape index (κ2) is 3.89. The van der Waals surface area contributed by atoms with Crippen molar-refractivity contribution in [2.75, 3.05) is 6.61 Å². The van der Waals surface area contributed by atoms with Crippen molar-refractivity contribution in [3.8, 4) is 0 Å². The monoisotopic (exact) mass is 127 g/mol. The van der Waals surface area contributed by atoms with Gasteiger partial charge in [0.25, 0.3) is 0 Å². The summed E-state index contributed by atoms with van der Waals surface area (Å²) in [6, 6.07) is 0. The molecule has 1 atom stereocenters. The van der Waals surface area contributed by atoms with Crippen molar-refractivity contribution in [2.24, 2.45) is 0 Å². The average Bonchev–Trinajstić information content (AvgIpc) is 2.63. The summed E-state index contributed by atoms with van der Waals surface area (Å²) in [5.41, 5.74) is 0. The van der Waals surface area contributed by atoms with Crippen molar-refractivity contribution >= 4 is 0 Å². The highest BCUT2D eigenvalue weighted by molar-refractivity contribution is 4.77. The summed E-state index contributed by atoms with van der Waals surface area (Å²) in [7, 11) is 0. The molecule has 1 aliphatic rings. The van der Waals surface area contributed by atoms with Crippen LogP contribution >= 0.6 is 0 Å². The van der Waals surface area contributed by atoms with Crippen LogP contribution in [0.2, 0.25) is 0 Å². The predicted molar refractivity (Wildman–Crippen MR) is 38.2 cm³/mol. The predicted octanol–water partition coefficient (Wildman–Crippen LogP) is 2.17. The third-order valence-electron chi connectivity index (χ3n) is 1.59. The average molecular weight is 127 g/mol. The lowest BCUT2D eigenvalue weighted by Crippen LogP contribution is -1.85. The fraction of sp³-hybridized carbons (Fsp3) is 0.875. The Morgan fingerprint density at radius 3 is 3.00 bits per heavy atom. The van der Waals surface area contributed by atoms with Gasteiger partial charge in [0.05, 0.1) is 12.7 Å². The van der Waals surface area contributed by atoms with E-state index in [-0.39, 0.29) is 0 Å². The van der Waals surface area contributed by atoms with E-state index < -0.39 is 0 Å². The van der Waals surface area contributed by atoms with E-state index in [4.69, 9.17) is 4.74 Å². The normalized spacial score (nSPS) is 24.3. The number of epoxide rings is 1. The molecule has 1 saturated heterocycles. The zero-order chi connectivity index (χ0) is 6.53. The Morgan fingerprint density at radius 2 is 2.44 bits per heavy atom. The van der Waals surface area contributed by atoms with Crippen molar-refractivity contribution in [2.45, 2.75) is 38.7 Å². The van der Waals surface area contributed by atoms with Gasteiger partial charge in [0, 0.05) is 0 Å². The van der Waals surface area contributed by atoms with Crippen LogP contribution in [-0.2, 0) is 4.74 Å². The fourth-order valence-electron chi connectivity index (χ4n) is 0.856. The molecule has 0 aromatic heterocycles. The van der Waals surface area contributed by atoms with Crippen molar-refractivity contribution < 1.29 is 4.74 Å². The standard InChI is InChI=1S/C8H15O/c1-2-3-4-5-6-8-7-9-8/h5,8H,2-4,6-7H2,1H3. The summed E-state index contributed by atoms with van der Waals surface area (Å²) in [6.07, 6.45) is 8.05. The summed E-state index contributed by atoms with van der Waals surface area (Å²) in [4.78, 5) is 0. The Kier molecular flexibility index (Phi) is 3.05. The van der Waals surface area contributed by atoms with E-state index in [1.807, 2.05) is 0 Å². The molecule has 1 radical (unpaired) electrons. The van der Waals surface area contributed by atoms with E-state index in [1.54, 1.807) is 0 Å². The maximum atomic E-state index is 5.06. The maximum Gasteiger partial charge on any atom is 0.0812 e. The molecule has 0 bridgehead atoms. The first-order chi connectivity index (χ1) is 4.43. The zero-order valence-corrected chi connectivity index (χ0v) is 6.10. The van der Waals surface area contributed by atoms with Gasteiger partial charge in [0.15, 0.2) is 0 Å². The summed E-state index contributed by atoms with van der Waals surface area (Å²) < 4.78 is 5.06. The van der Waals surface area contributed by atoms with Gasteiger partial charge in [-0.05, 0) is 12.8 Å². The molecular weight excluding hydrogens is 112 g/mol. The van der Waals surface area contributed by atoms with Crippen LogP contribution in [0.25, 0.3) is 0 Å². The lowest BCUT2D eigenvalue weighted by Gasteiger charge is -1.93. The zero-order valence-electron chi connectivity index (χ0n) is 6.10. The van der Waals surface area contributed by atoms with E-state index in [0.29, 0.717) is 6.10 Å². The lowest BCUT2D eigenvalue weighted by atomic mass is 10.1. The first-order valence-electron chi connectivity index (χ1n) is 3.86. The second-order valence-electron chi connectivity index (χ2n) is 2.62. The quantitative estimate of drug-likeness (QED) is 0.407. The van der Waals surface area contributed by atoms with E-state index in [9.17, 15) is 0 Å². The molecule has 9 heavy (non-hydrogen) atoms. The van der Waals surface area contributed by atoms with Crippen LogP contribution in [0, 0.1) is 6.42 Å². The molecule has 0 saturated carbocycles. The topological polar surface area (TPSA) is 12.5 Å². The van der Waals surface area contributed by atoms with Crippen LogP contribution in [0.1, 0.15) is 32.6 Å². The molecule has 0 aromatic carbocycles. The summed E-state index contributed by atoms with van der Waals surface area (Å²) in [6.45, 7) is 3.23. The van der Waals surface area contributed by atoms with Gasteiger partial charge in [0.1, 0.15) is 0 Å². The van der Waals surface area contributed by atoms with Gasteiger partial charge in [-0.15, -0.1) is 0 Å². The third kappa shape index (κ3) is 3.52. The van der Waals surface area contributed by atoms with Crippen molar-refractivity contribution in [1.29, 1.82) is 0 Å². The number of rotatable bonds is 5. The van der Waals surface area contributed by atoms with Gasteiger partial charge in [-0.2, -0.15) is 0 Å². The van der Waals surface area contributed by atoms with E-state index in [1.165, 1.54) is 25.7 Å². The Hall–Kier alpha value is -0.0400. The summed E-state index contributed by atoms with van der Waals surface area (Å²) >= 11 is 0. The Morgan fingerprint density at radius 1 is 1.67 bits per heavy atom. The molecule has 0 aliphatic carbocycles. The highest BCUT2D eigenvalue weighted by Crippen LogP contribution is 2.16. The highest BCUT2D eigenvalue weighted by atomic mass is 16.6. The van der Waals surface area contributed by atoms with Gasteiger partial charge in [-0.25, -0.2) is 0 Å². The van der Waals surface area contributed by atoms with Crippen molar-refractivity contribution in [3.63, 3.8) is 0 Å². The first kappa shape index (κ1) is 7.07. The van der Waals surface area contributed by atoms with Crippen LogP contribution in [0.4, 0.5) is 0 Å². The van der Waals surface area contributed by atoms with E-state index in [0.717, 1.165) is 6.61 Å². The van der Waals surface area contributed by atoms with Crippen LogP contribution in [0.15, 0.2) is 0 Å². The molecule has 1 aliphatic heterocycles. The molecule has 0 spiro atoms. The van der Waals surface area contributed by atoms with E-state index in [2.05, 4.69) is 13.3 Å². The largest absolute Gasteiger partial charge is 0.373 e. The third-order valence-corrected chi connectivity index (χ3v) is 1.59. The van der Waals surface area contributed by atoms with E-state index >= 15 is 0 Å². The van der Waals surface area contributed by atoms with Crippen LogP contribution in [0.5, 0.6) is 0 Å². The van der Waals surface area contributed by atoms with Gasteiger partial charge >= 0.3 is 0 Å². The van der Waals surface area contributed by atoms with Crippen LogP contribution < -0.4 is 0 Å². The molecular formula is C8H15O. The van der Waals surface area contributed by atoms with Gasteiger partial charge in [0.2, 0.25) is 0 Å². The molecule has 1 rings (SSSR count). The van der Waals surface area contributed by atoms with Crippen LogP contribution in [-0.4, -0.2) is 12.7 Å². The Balaban J connectivity index is 1.71. The van der Waals surface area contributed by atoms with Gasteiger partial charge in [-0.1, -0.05) is 26.2 Å². The SMILES string of the molecule is CCCC[CH]CC1CO1. The van der Waals surface area contributed by atoms with Gasteiger partial charge in [-0.3, -0.25) is 0 Å². The number of unbranched alkanes of at least 4 members (excludes halogenated alkanes) is 3. The van der Waals surface area contributed by atoms with Gasteiger partial charge < -0.3 is 4.74 Å². The molecule has 1 fully saturated rings. The molecule has 0 aromatic rings. The fourth-order valence-corrected chi connectivity index (χ4v) is 0.856. The molecule has 1 nitrogen and oxygen atoms in total. The Labute approximate surface area is 57.4 Å².